The topological polar surface area (TPSA) is 41.6 Å². The highest BCUT2D eigenvalue weighted by molar-refractivity contribution is 5.80. The predicted molar refractivity (Wildman–Crippen MR) is 76.7 cm³/mol. The van der Waals surface area contributed by atoms with Crippen molar-refractivity contribution in [3.05, 3.63) is 48.0 Å². The molecule has 0 saturated carbocycles. The van der Waals surface area contributed by atoms with Gasteiger partial charge in [0, 0.05) is 6.54 Å². The molecule has 0 radical (unpaired) electrons. The molecule has 0 bridgehead atoms. The molecule has 1 heterocycles. The monoisotopic (exact) mass is 243 g/mol. The molecule has 1 aliphatic rings. The van der Waals surface area contributed by atoms with Gasteiger partial charge >= 0.3 is 0 Å². The van der Waals surface area contributed by atoms with E-state index in [2.05, 4.69) is 54.6 Å². The van der Waals surface area contributed by atoms with Crippen molar-refractivity contribution in [2.75, 3.05) is 13.1 Å². The Balaban J connectivity index is 2.18. The number of benzene rings is 1. The van der Waals surface area contributed by atoms with E-state index < -0.39 is 0 Å². The minimum absolute atomic E-state index is 0.254. The molecule has 3 nitrogen and oxygen atoms in total. The molecule has 0 saturated heterocycles. The summed E-state index contributed by atoms with van der Waals surface area (Å²) in [4.78, 5) is 6.42. The van der Waals surface area contributed by atoms with Gasteiger partial charge in [-0.3, -0.25) is 4.99 Å². The number of rotatable bonds is 4. The third kappa shape index (κ3) is 2.40. The summed E-state index contributed by atoms with van der Waals surface area (Å²) in [6.45, 7) is 9.66. The van der Waals surface area contributed by atoms with Crippen LogP contribution in [-0.4, -0.2) is 23.9 Å². The normalized spacial score (nSPS) is 19.2. The Kier molecular flexibility index (Phi) is 3.70. The lowest BCUT2D eigenvalue weighted by Crippen LogP contribution is -2.36. The molecular weight excluding hydrogens is 222 g/mol. The van der Waals surface area contributed by atoms with Gasteiger partial charge in [0.25, 0.3) is 0 Å². The van der Waals surface area contributed by atoms with Crippen LogP contribution >= 0.6 is 0 Å². The summed E-state index contributed by atoms with van der Waals surface area (Å²) in [6.07, 6.45) is 1.86. The van der Waals surface area contributed by atoms with E-state index in [1.165, 1.54) is 11.1 Å². The van der Waals surface area contributed by atoms with Crippen LogP contribution in [0.4, 0.5) is 0 Å². The second-order valence-electron chi connectivity index (χ2n) is 4.98. The Morgan fingerprint density at radius 2 is 2.11 bits per heavy atom. The lowest BCUT2D eigenvalue weighted by molar-refractivity contribution is 0.380. The largest absolute Gasteiger partial charge is 0.370 e. The van der Waals surface area contributed by atoms with E-state index in [-0.39, 0.29) is 6.04 Å². The second-order valence-corrected chi connectivity index (χ2v) is 4.98. The fraction of sp³-hybridized carbons (Fsp3) is 0.400. The number of nitrogens with zero attached hydrogens (tertiary/aromatic N) is 2. The molecule has 1 aromatic carbocycles. The number of aliphatic imine (C=N–C) groups is 1. The molecule has 2 N–H and O–H groups in total. The summed E-state index contributed by atoms with van der Waals surface area (Å²) < 4.78 is 0. The highest BCUT2D eigenvalue weighted by atomic mass is 15.3. The molecule has 0 aliphatic carbocycles. The van der Waals surface area contributed by atoms with E-state index >= 15 is 0 Å². The van der Waals surface area contributed by atoms with Gasteiger partial charge in [-0.05, 0) is 17.0 Å². The SMILES string of the molecule is C=CCN1C(N)=NCC1c1ccc(C(C)C)cc1. The van der Waals surface area contributed by atoms with Crippen molar-refractivity contribution in [3.8, 4) is 0 Å². The van der Waals surface area contributed by atoms with Crippen LogP contribution in [0.1, 0.15) is 36.9 Å². The van der Waals surface area contributed by atoms with Crippen molar-refractivity contribution in [2.24, 2.45) is 10.7 Å². The van der Waals surface area contributed by atoms with Crippen LogP contribution in [0.5, 0.6) is 0 Å². The summed E-state index contributed by atoms with van der Waals surface area (Å²) in [7, 11) is 0. The average Bonchev–Trinajstić information content (AvgIpc) is 2.72. The maximum Gasteiger partial charge on any atom is 0.192 e. The van der Waals surface area contributed by atoms with Crippen molar-refractivity contribution in [3.63, 3.8) is 0 Å². The Labute approximate surface area is 109 Å². The molecular formula is C15H21N3. The molecule has 18 heavy (non-hydrogen) atoms. The van der Waals surface area contributed by atoms with Crippen LogP contribution < -0.4 is 5.73 Å². The fourth-order valence-corrected chi connectivity index (χ4v) is 2.28. The van der Waals surface area contributed by atoms with E-state index in [1.54, 1.807) is 0 Å². The van der Waals surface area contributed by atoms with E-state index in [0.29, 0.717) is 11.9 Å². The number of hydrogen-bond donors (Lipinski definition) is 1. The van der Waals surface area contributed by atoms with Gasteiger partial charge in [0.2, 0.25) is 0 Å². The van der Waals surface area contributed by atoms with Crippen molar-refractivity contribution >= 4 is 5.96 Å². The summed E-state index contributed by atoms with van der Waals surface area (Å²) >= 11 is 0. The van der Waals surface area contributed by atoms with Gasteiger partial charge in [-0.15, -0.1) is 6.58 Å². The molecule has 0 spiro atoms. The van der Waals surface area contributed by atoms with Gasteiger partial charge in [-0.1, -0.05) is 44.2 Å². The quantitative estimate of drug-likeness (QED) is 0.826. The predicted octanol–water partition coefficient (Wildman–Crippen LogP) is 2.67. The van der Waals surface area contributed by atoms with Gasteiger partial charge in [0.1, 0.15) is 0 Å². The number of hydrogen-bond acceptors (Lipinski definition) is 3. The first-order valence-corrected chi connectivity index (χ1v) is 6.40. The zero-order valence-electron chi connectivity index (χ0n) is 11.1. The van der Waals surface area contributed by atoms with Gasteiger partial charge in [-0.2, -0.15) is 0 Å². The smallest absolute Gasteiger partial charge is 0.192 e. The van der Waals surface area contributed by atoms with Gasteiger partial charge < -0.3 is 10.6 Å². The zero-order chi connectivity index (χ0) is 13.1. The van der Waals surface area contributed by atoms with Crippen LogP contribution in [0.3, 0.4) is 0 Å². The van der Waals surface area contributed by atoms with E-state index in [4.69, 9.17) is 5.73 Å². The van der Waals surface area contributed by atoms with Gasteiger partial charge in [-0.25, -0.2) is 0 Å². The first-order valence-electron chi connectivity index (χ1n) is 6.40. The van der Waals surface area contributed by atoms with E-state index in [0.717, 1.165) is 13.1 Å². The standard InChI is InChI=1S/C15H21N3/c1-4-9-18-14(10-17-15(18)16)13-7-5-12(6-8-13)11(2)3/h4-8,11,14H,1,9-10H2,2-3H3,(H2,16,17). The minimum atomic E-state index is 0.254. The molecule has 0 amide bonds. The maximum absolute atomic E-state index is 5.90. The molecule has 0 fully saturated rings. The maximum atomic E-state index is 5.90. The first kappa shape index (κ1) is 12.7. The van der Waals surface area contributed by atoms with E-state index in [9.17, 15) is 0 Å². The molecule has 0 aromatic heterocycles. The minimum Gasteiger partial charge on any atom is -0.370 e. The summed E-state index contributed by atoms with van der Waals surface area (Å²) in [5.41, 5.74) is 8.53. The van der Waals surface area contributed by atoms with Crippen LogP contribution in [-0.2, 0) is 0 Å². The lowest BCUT2D eigenvalue weighted by Gasteiger charge is -2.25. The number of nitrogens with two attached hydrogens (primary N) is 1. The molecule has 1 aliphatic heterocycles. The second kappa shape index (κ2) is 5.25. The summed E-state index contributed by atoms with van der Waals surface area (Å²) in [5.74, 6) is 1.18. The Morgan fingerprint density at radius 3 is 2.67 bits per heavy atom. The molecule has 1 unspecified atom stereocenters. The Hall–Kier alpha value is -1.77. The number of guanidine groups is 1. The highest BCUT2D eigenvalue weighted by Crippen LogP contribution is 2.26. The van der Waals surface area contributed by atoms with Crippen molar-refractivity contribution in [2.45, 2.75) is 25.8 Å². The van der Waals surface area contributed by atoms with Gasteiger partial charge in [0.15, 0.2) is 5.96 Å². The van der Waals surface area contributed by atoms with Crippen molar-refractivity contribution in [1.29, 1.82) is 0 Å². The Bertz CT molecular complexity index is 445. The fourth-order valence-electron chi connectivity index (χ4n) is 2.28. The molecule has 96 valence electrons. The molecule has 1 aromatic rings. The third-order valence-corrected chi connectivity index (χ3v) is 3.41. The van der Waals surface area contributed by atoms with E-state index in [1.807, 2.05) is 6.08 Å². The van der Waals surface area contributed by atoms with Crippen LogP contribution in [0.15, 0.2) is 41.9 Å². The zero-order valence-corrected chi connectivity index (χ0v) is 11.1. The molecule has 2 rings (SSSR count). The van der Waals surface area contributed by atoms with Crippen LogP contribution in [0.25, 0.3) is 0 Å². The third-order valence-electron chi connectivity index (χ3n) is 3.41. The van der Waals surface area contributed by atoms with Crippen LogP contribution in [0.2, 0.25) is 0 Å². The molecule has 3 heteroatoms. The van der Waals surface area contributed by atoms with Crippen molar-refractivity contribution < 1.29 is 0 Å². The average molecular weight is 243 g/mol. The highest BCUT2D eigenvalue weighted by Gasteiger charge is 2.26. The van der Waals surface area contributed by atoms with Crippen molar-refractivity contribution in [1.82, 2.24) is 4.90 Å². The van der Waals surface area contributed by atoms with Crippen LogP contribution in [0, 0.1) is 0 Å². The molecule has 1 atom stereocenters. The van der Waals surface area contributed by atoms with Gasteiger partial charge in [0.05, 0.1) is 12.6 Å². The lowest BCUT2D eigenvalue weighted by atomic mass is 9.99. The first-order chi connectivity index (χ1) is 8.63. The summed E-state index contributed by atoms with van der Waals surface area (Å²) in [5, 5.41) is 0. The Morgan fingerprint density at radius 1 is 1.44 bits per heavy atom. The summed E-state index contributed by atoms with van der Waals surface area (Å²) in [6, 6.07) is 9.01.